The van der Waals surface area contributed by atoms with Crippen molar-refractivity contribution in [2.45, 2.75) is 25.9 Å². The van der Waals surface area contributed by atoms with Crippen molar-refractivity contribution in [3.05, 3.63) is 108 Å². The van der Waals surface area contributed by atoms with E-state index in [0.717, 1.165) is 17.5 Å². The molecule has 1 saturated heterocycles. The maximum atomic E-state index is 13.1. The van der Waals surface area contributed by atoms with E-state index in [4.69, 9.17) is 9.15 Å². The molecule has 1 fully saturated rings. The van der Waals surface area contributed by atoms with Crippen molar-refractivity contribution < 1.29 is 23.8 Å². The number of rotatable bonds is 8. The van der Waals surface area contributed by atoms with Gasteiger partial charge in [0, 0.05) is 5.56 Å². The molecule has 0 saturated carbocycles. The Bertz CT molecular complexity index is 1170. The number of aliphatic hydroxyl groups is 1. The lowest BCUT2D eigenvalue weighted by molar-refractivity contribution is -0.140. The van der Waals surface area contributed by atoms with Crippen molar-refractivity contribution in [3.8, 4) is 5.75 Å². The van der Waals surface area contributed by atoms with Crippen LogP contribution in [0.15, 0.2) is 89.6 Å². The standard InChI is InChI=1S/C27H25NO5/c1-3-15-32-21-13-11-20(12-14-21)25(29)23-24(19-9-7-18(4-2)8-10-19)28(27(31)26(23)30)17-22-6-5-16-33-22/h3,5-14,16,24,29H,1,4,15,17H2,2H3/b25-23+. The third-order valence-electron chi connectivity index (χ3n) is 5.65. The lowest BCUT2D eigenvalue weighted by Crippen LogP contribution is -2.29. The predicted octanol–water partition coefficient (Wildman–Crippen LogP) is 5.03. The van der Waals surface area contributed by atoms with Crippen LogP contribution in [0.3, 0.4) is 0 Å². The summed E-state index contributed by atoms with van der Waals surface area (Å²) in [4.78, 5) is 27.6. The minimum absolute atomic E-state index is 0.0514. The van der Waals surface area contributed by atoms with Gasteiger partial charge in [-0.2, -0.15) is 0 Å². The summed E-state index contributed by atoms with van der Waals surface area (Å²) in [6.07, 6.45) is 4.03. The van der Waals surface area contributed by atoms with E-state index in [0.29, 0.717) is 23.7 Å². The van der Waals surface area contributed by atoms with Gasteiger partial charge in [-0.25, -0.2) is 0 Å². The number of ketones is 1. The molecule has 1 unspecified atom stereocenters. The predicted molar refractivity (Wildman–Crippen MR) is 125 cm³/mol. The minimum atomic E-state index is -0.738. The molecular formula is C27H25NO5. The maximum Gasteiger partial charge on any atom is 0.296 e. The summed E-state index contributed by atoms with van der Waals surface area (Å²) in [6.45, 7) is 6.15. The van der Waals surface area contributed by atoms with Crippen molar-refractivity contribution in [1.82, 2.24) is 4.90 Å². The average molecular weight is 443 g/mol. The highest BCUT2D eigenvalue weighted by Crippen LogP contribution is 2.40. The van der Waals surface area contributed by atoms with Crippen molar-refractivity contribution >= 4 is 17.4 Å². The van der Waals surface area contributed by atoms with Gasteiger partial charge in [-0.1, -0.05) is 43.8 Å². The van der Waals surface area contributed by atoms with E-state index < -0.39 is 17.7 Å². The lowest BCUT2D eigenvalue weighted by Gasteiger charge is -2.24. The number of benzene rings is 2. The Kier molecular flexibility index (Phi) is 6.45. The summed E-state index contributed by atoms with van der Waals surface area (Å²) >= 11 is 0. The van der Waals surface area contributed by atoms with E-state index in [1.807, 2.05) is 24.3 Å². The summed E-state index contributed by atoms with van der Waals surface area (Å²) in [7, 11) is 0. The Hall–Kier alpha value is -4.06. The molecule has 1 amide bonds. The number of carbonyl (C=O) groups is 2. The Morgan fingerprint density at radius 1 is 1.12 bits per heavy atom. The Labute approximate surface area is 192 Å². The first kappa shape index (κ1) is 22.1. The fourth-order valence-corrected chi connectivity index (χ4v) is 3.92. The molecule has 0 radical (unpaired) electrons. The van der Waals surface area contributed by atoms with Crippen LogP contribution < -0.4 is 4.74 Å². The fourth-order valence-electron chi connectivity index (χ4n) is 3.92. The van der Waals surface area contributed by atoms with E-state index >= 15 is 0 Å². The number of ether oxygens (including phenoxy) is 1. The van der Waals surface area contributed by atoms with Crippen LogP contribution in [0.25, 0.3) is 5.76 Å². The van der Waals surface area contributed by atoms with Gasteiger partial charge in [-0.3, -0.25) is 9.59 Å². The van der Waals surface area contributed by atoms with Crippen LogP contribution >= 0.6 is 0 Å². The Morgan fingerprint density at radius 2 is 1.85 bits per heavy atom. The van der Waals surface area contributed by atoms with Crippen molar-refractivity contribution in [2.24, 2.45) is 0 Å². The third kappa shape index (κ3) is 4.46. The molecule has 0 bridgehead atoms. The Balaban J connectivity index is 1.78. The largest absolute Gasteiger partial charge is 0.507 e. The zero-order chi connectivity index (χ0) is 23.4. The van der Waals surface area contributed by atoms with Crippen LogP contribution in [0, 0.1) is 0 Å². The number of aliphatic hydroxyl groups excluding tert-OH is 1. The molecule has 1 aliphatic rings. The highest BCUT2D eigenvalue weighted by atomic mass is 16.5. The fraction of sp³-hybridized carbons (Fsp3) is 0.185. The van der Waals surface area contributed by atoms with Gasteiger partial charge in [0.2, 0.25) is 0 Å². The topological polar surface area (TPSA) is 80.0 Å². The van der Waals surface area contributed by atoms with Crippen LogP contribution in [0.5, 0.6) is 5.75 Å². The van der Waals surface area contributed by atoms with E-state index in [9.17, 15) is 14.7 Å². The number of furan rings is 1. The quantitative estimate of drug-likeness (QED) is 0.229. The highest BCUT2D eigenvalue weighted by molar-refractivity contribution is 6.46. The molecular weight excluding hydrogens is 418 g/mol. The maximum absolute atomic E-state index is 13.1. The zero-order valence-corrected chi connectivity index (χ0v) is 18.4. The van der Waals surface area contributed by atoms with Gasteiger partial charge in [0.05, 0.1) is 24.4 Å². The smallest absolute Gasteiger partial charge is 0.296 e. The SMILES string of the molecule is C=CCOc1ccc(/C(O)=C2\C(=O)C(=O)N(Cc3ccco3)C2c2ccc(CC)cc2)cc1. The van der Waals surface area contributed by atoms with Gasteiger partial charge >= 0.3 is 0 Å². The summed E-state index contributed by atoms with van der Waals surface area (Å²) < 4.78 is 10.9. The van der Waals surface area contributed by atoms with Gasteiger partial charge in [0.1, 0.15) is 23.9 Å². The van der Waals surface area contributed by atoms with Gasteiger partial charge < -0.3 is 19.2 Å². The second-order valence-electron chi connectivity index (χ2n) is 7.73. The van der Waals surface area contributed by atoms with E-state index in [1.54, 1.807) is 42.5 Å². The first-order valence-corrected chi connectivity index (χ1v) is 10.8. The molecule has 6 nitrogen and oxygen atoms in total. The van der Waals surface area contributed by atoms with Crippen LogP contribution in [-0.4, -0.2) is 28.3 Å². The average Bonchev–Trinajstić information content (AvgIpc) is 3.45. The summed E-state index contributed by atoms with van der Waals surface area (Å²) in [5, 5.41) is 11.2. The molecule has 0 aliphatic carbocycles. The first-order valence-electron chi connectivity index (χ1n) is 10.8. The van der Waals surface area contributed by atoms with Gasteiger partial charge in [0.15, 0.2) is 0 Å². The molecule has 3 aromatic rings. The van der Waals surface area contributed by atoms with E-state index in [-0.39, 0.29) is 17.9 Å². The monoisotopic (exact) mass is 443 g/mol. The number of nitrogens with zero attached hydrogens (tertiary/aromatic N) is 1. The van der Waals surface area contributed by atoms with Crippen LogP contribution in [0.2, 0.25) is 0 Å². The molecule has 1 atom stereocenters. The third-order valence-corrected chi connectivity index (χ3v) is 5.65. The Morgan fingerprint density at radius 3 is 2.45 bits per heavy atom. The molecule has 168 valence electrons. The minimum Gasteiger partial charge on any atom is -0.507 e. The summed E-state index contributed by atoms with van der Waals surface area (Å²) in [5.74, 6) is -0.471. The van der Waals surface area contributed by atoms with Crippen LogP contribution in [0.1, 0.15) is 35.4 Å². The number of likely N-dealkylation sites (tertiary alicyclic amines) is 1. The molecule has 1 N–H and O–H groups in total. The lowest BCUT2D eigenvalue weighted by atomic mass is 9.94. The molecule has 33 heavy (non-hydrogen) atoms. The van der Waals surface area contributed by atoms with Gasteiger partial charge in [-0.15, -0.1) is 0 Å². The van der Waals surface area contributed by atoms with E-state index in [1.165, 1.54) is 11.2 Å². The number of hydrogen-bond acceptors (Lipinski definition) is 5. The second kappa shape index (κ2) is 9.61. The van der Waals surface area contributed by atoms with Crippen molar-refractivity contribution in [3.63, 3.8) is 0 Å². The van der Waals surface area contributed by atoms with Gasteiger partial charge in [-0.05, 0) is 53.9 Å². The van der Waals surface area contributed by atoms with Gasteiger partial charge in [0.25, 0.3) is 11.7 Å². The number of Topliss-reactive ketones (excluding diaryl/α,β-unsaturated/α-hetero) is 1. The molecule has 6 heteroatoms. The normalized spacial score (nSPS) is 17.4. The summed E-state index contributed by atoms with van der Waals surface area (Å²) in [5.41, 5.74) is 2.35. The first-order chi connectivity index (χ1) is 16.0. The molecule has 1 aromatic heterocycles. The number of aryl methyl sites for hydroxylation is 1. The molecule has 4 rings (SSSR count). The molecule has 2 heterocycles. The molecule has 1 aliphatic heterocycles. The highest BCUT2D eigenvalue weighted by Gasteiger charge is 2.46. The summed E-state index contributed by atoms with van der Waals surface area (Å²) in [6, 6.07) is 17.2. The van der Waals surface area contributed by atoms with Crippen LogP contribution in [-0.2, 0) is 22.6 Å². The van der Waals surface area contributed by atoms with Crippen LogP contribution in [0.4, 0.5) is 0 Å². The van der Waals surface area contributed by atoms with Crippen molar-refractivity contribution in [1.29, 1.82) is 0 Å². The zero-order valence-electron chi connectivity index (χ0n) is 18.4. The number of hydrogen-bond donors (Lipinski definition) is 1. The second-order valence-corrected chi connectivity index (χ2v) is 7.73. The number of carbonyl (C=O) groups excluding carboxylic acids is 2. The number of amides is 1. The molecule has 0 spiro atoms. The van der Waals surface area contributed by atoms with E-state index in [2.05, 4.69) is 13.5 Å². The molecule has 2 aromatic carbocycles. The van der Waals surface area contributed by atoms with Crippen molar-refractivity contribution in [2.75, 3.05) is 6.61 Å².